The van der Waals surface area contributed by atoms with Crippen molar-refractivity contribution in [3.05, 3.63) is 88.7 Å². The Balaban J connectivity index is 1.80. The number of nitrogens with zero attached hydrogens (tertiary/aromatic N) is 4. The number of nitrogens with two attached hydrogens (primary N) is 1. The highest BCUT2D eigenvalue weighted by Crippen LogP contribution is 2.37. The fourth-order valence-corrected chi connectivity index (χ4v) is 5.53. The first kappa shape index (κ1) is 26.4. The minimum absolute atomic E-state index is 0.172. The van der Waals surface area contributed by atoms with Crippen molar-refractivity contribution in [2.75, 3.05) is 17.2 Å². The molecule has 0 bridgehead atoms. The highest BCUT2D eigenvalue weighted by molar-refractivity contribution is 7.89. The summed E-state index contributed by atoms with van der Waals surface area (Å²) in [4.78, 5) is 6.24. The molecule has 2 aromatic carbocycles. The Bertz CT molecular complexity index is 1420. The number of hydrogen-bond acceptors (Lipinski definition) is 6. The molecule has 1 aliphatic rings. The average molecular weight is 530 g/mol. The third-order valence-electron chi connectivity index (χ3n) is 6.57. The number of hydrogen-bond donors (Lipinski definition) is 1. The fraction of sp³-hybridized carbons (Fsp3) is 0.308. The van der Waals surface area contributed by atoms with E-state index in [2.05, 4.69) is 4.98 Å². The lowest BCUT2D eigenvalue weighted by atomic mass is 10.0. The summed E-state index contributed by atoms with van der Waals surface area (Å²) in [7, 11) is -5.58. The second-order valence-corrected chi connectivity index (χ2v) is 10.9. The van der Waals surface area contributed by atoms with Gasteiger partial charge in [0, 0.05) is 31.0 Å². The number of halogens is 3. The Morgan fingerprint density at radius 2 is 1.89 bits per heavy atom. The van der Waals surface area contributed by atoms with Crippen LogP contribution in [0.25, 0.3) is 0 Å². The van der Waals surface area contributed by atoms with E-state index in [1.165, 1.54) is 6.20 Å². The summed E-state index contributed by atoms with van der Waals surface area (Å²) < 4.78 is 66.8. The quantitative estimate of drug-likeness (QED) is 0.504. The molecular formula is C26H26F3N5O2S. The number of aryl methyl sites for hydroxylation is 2. The summed E-state index contributed by atoms with van der Waals surface area (Å²) in [5.74, 6) is 0. The predicted octanol–water partition coefficient (Wildman–Crippen LogP) is 4.52. The van der Waals surface area contributed by atoms with E-state index >= 15 is 0 Å². The van der Waals surface area contributed by atoms with Gasteiger partial charge in [-0.15, -0.1) is 0 Å². The van der Waals surface area contributed by atoms with Crippen LogP contribution in [0.3, 0.4) is 0 Å². The maximum Gasteiger partial charge on any atom is 0.511 e. The van der Waals surface area contributed by atoms with Crippen LogP contribution in [0.5, 0.6) is 0 Å². The van der Waals surface area contributed by atoms with Gasteiger partial charge in [-0.25, -0.2) is 8.42 Å². The molecule has 0 aliphatic carbocycles. The zero-order valence-corrected chi connectivity index (χ0v) is 20.9. The summed E-state index contributed by atoms with van der Waals surface area (Å²) in [6, 6.07) is 17.7. The van der Waals surface area contributed by atoms with Gasteiger partial charge >= 0.3 is 15.5 Å². The summed E-state index contributed by atoms with van der Waals surface area (Å²) >= 11 is 0. The second kappa shape index (κ2) is 10.4. The SMILES string of the molecule is Cc1cccc2c1CN(S(=O)(=O)C(F)(F)F)CC(CCc1ccccc1)N2Cc1cc(N)c(C#N)cn1. The van der Waals surface area contributed by atoms with Crippen LogP contribution in [0.15, 0.2) is 60.8 Å². The highest BCUT2D eigenvalue weighted by Gasteiger charge is 2.51. The lowest BCUT2D eigenvalue weighted by molar-refractivity contribution is -0.0492. The number of benzene rings is 2. The number of anilines is 2. The fourth-order valence-electron chi connectivity index (χ4n) is 4.57. The molecule has 0 radical (unpaired) electrons. The van der Waals surface area contributed by atoms with Crippen LogP contribution in [0.2, 0.25) is 0 Å². The van der Waals surface area contributed by atoms with Gasteiger partial charge in [0.1, 0.15) is 6.07 Å². The molecule has 1 aliphatic heterocycles. The second-order valence-electron chi connectivity index (χ2n) is 9.00. The van der Waals surface area contributed by atoms with Gasteiger partial charge in [0.2, 0.25) is 0 Å². The zero-order valence-electron chi connectivity index (χ0n) is 20.1. The zero-order chi connectivity index (χ0) is 26.8. The monoisotopic (exact) mass is 529 g/mol. The molecule has 0 saturated carbocycles. The van der Waals surface area contributed by atoms with Crippen LogP contribution in [0.4, 0.5) is 24.5 Å². The molecule has 1 unspecified atom stereocenters. The van der Waals surface area contributed by atoms with Crippen LogP contribution in [0.1, 0.15) is 34.4 Å². The van der Waals surface area contributed by atoms with E-state index in [0.29, 0.717) is 39.7 Å². The molecule has 3 aromatic rings. The topological polar surface area (TPSA) is 103 Å². The summed E-state index contributed by atoms with van der Waals surface area (Å²) in [6.45, 7) is 1.17. The number of sulfonamides is 1. The number of rotatable bonds is 6. The van der Waals surface area contributed by atoms with E-state index in [1.54, 1.807) is 31.2 Å². The maximum atomic E-state index is 13.7. The van der Waals surface area contributed by atoms with Crippen molar-refractivity contribution in [2.45, 2.75) is 44.4 Å². The van der Waals surface area contributed by atoms with Gasteiger partial charge < -0.3 is 10.6 Å². The third kappa shape index (κ3) is 5.55. The first-order valence-electron chi connectivity index (χ1n) is 11.6. The molecule has 0 amide bonds. The van der Waals surface area contributed by atoms with Crippen molar-refractivity contribution >= 4 is 21.4 Å². The van der Waals surface area contributed by atoms with Gasteiger partial charge in [-0.05, 0) is 48.6 Å². The Morgan fingerprint density at radius 3 is 2.54 bits per heavy atom. The Kier molecular flexibility index (Phi) is 7.43. The molecule has 4 rings (SSSR count). The van der Waals surface area contributed by atoms with Crippen LogP contribution < -0.4 is 10.6 Å². The molecule has 11 heteroatoms. The van der Waals surface area contributed by atoms with Crippen molar-refractivity contribution in [3.8, 4) is 6.07 Å². The number of pyridine rings is 1. The number of alkyl halides is 3. The van der Waals surface area contributed by atoms with E-state index < -0.39 is 28.1 Å². The lowest BCUT2D eigenvalue weighted by Gasteiger charge is -2.34. The molecular weight excluding hydrogens is 503 g/mol. The average Bonchev–Trinajstić information content (AvgIpc) is 3.01. The first-order chi connectivity index (χ1) is 17.5. The number of nitriles is 1. The Labute approximate surface area is 214 Å². The maximum absolute atomic E-state index is 13.7. The van der Waals surface area contributed by atoms with Crippen LogP contribution in [-0.2, 0) is 29.5 Å². The van der Waals surface area contributed by atoms with Crippen molar-refractivity contribution in [1.29, 1.82) is 5.26 Å². The number of fused-ring (bicyclic) bond motifs is 1. The van der Waals surface area contributed by atoms with Gasteiger partial charge in [0.15, 0.2) is 0 Å². The molecule has 0 spiro atoms. The Hall–Kier alpha value is -3.62. The molecule has 7 nitrogen and oxygen atoms in total. The summed E-state index contributed by atoms with van der Waals surface area (Å²) in [5.41, 5.74) is 4.36. The van der Waals surface area contributed by atoms with Crippen molar-refractivity contribution in [3.63, 3.8) is 0 Å². The smallest absolute Gasteiger partial charge is 0.398 e. The van der Waals surface area contributed by atoms with E-state index in [4.69, 9.17) is 5.73 Å². The highest BCUT2D eigenvalue weighted by atomic mass is 32.2. The lowest BCUT2D eigenvalue weighted by Crippen LogP contribution is -2.47. The third-order valence-corrected chi connectivity index (χ3v) is 8.11. The minimum atomic E-state index is -5.58. The Morgan fingerprint density at radius 1 is 1.16 bits per heavy atom. The van der Waals surface area contributed by atoms with Gasteiger partial charge in [0.05, 0.1) is 23.5 Å². The molecule has 1 atom stereocenters. The van der Waals surface area contributed by atoms with Gasteiger partial charge in [-0.2, -0.15) is 22.7 Å². The molecule has 0 saturated heterocycles. The molecule has 37 heavy (non-hydrogen) atoms. The van der Waals surface area contributed by atoms with E-state index in [9.17, 15) is 26.9 Å². The molecule has 2 heterocycles. The van der Waals surface area contributed by atoms with Crippen molar-refractivity contribution in [2.24, 2.45) is 0 Å². The van der Waals surface area contributed by atoms with Crippen molar-refractivity contribution < 1.29 is 21.6 Å². The van der Waals surface area contributed by atoms with Crippen LogP contribution >= 0.6 is 0 Å². The largest absolute Gasteiger partial charge is 0.511 e. The standard InChI is InChI=1S/C26H26F3N5O2S/c1-18-6-5-9-25-23(18)17-33(37(35,36)26(27,28)29)16-22(11-10-19-7-3-2-4-8-19)34(25)15-21-12-24(31)20(13-30)14-32-21/h2-9,12,14,22H,10-11,15-17H2,1H3,(H2,31,32). The van der Waals surface area contributed by atoms with Crippen molar-refractivity contribution in [1.82, 2.24) is 9.29 Å². The number of nitrogen functional groups attached to an aromatic ring is 1. The first-order valence-corrected chi connectivity index (χ1v) is 13.0. The van der Waals surface area contributed by atoms with Gasteiger partial charge in [-0.3, -0.25) is 4.98 Å². The van der Waals surface area contributed by atoms with Gasteiger partial charge in [0.25, 0.3) is 0 Å². The molecule has 2 N–H and O–H groups in total. The van der Waals surface area contributed by atoms with E-state index in [1.807, 2.05) is 41.3 Å². The number of aromatic nitrogens is 1. The predicted molar refractivity (Wildman–Crippen MR) is 135 cm³/mol. The summed E-state index contributed by atoms with van der Waals surface area (Å²) in [6.07, 6.45) is 2.29. The van der Waals surface area contributed by atoms with Gasteiger partial charge in [-0.1, -0.05) is 42.5 Å². The normalized spacial score (nSPS) is 16.6. The molecule has 1 aromatic heterocycles. The molecule has 0 fully saturated rings. The minimum Gasteiger partial charge on any atom is -0.398 e. The summed E-state index contributed by atoms with van der Waals surface area (Å²) in [5, 5.41) is 9.19. The van der Waals surface area contributed by atoms with E-state index in [-0.39, 0.29) is 24.3 Å². The van der Waals surface area contributed by atoms with Crippen LogP contribution in [0, 0.1) is 18.3 Å². The van der Waals surface area contributed by atoms with E-state index in [0.717, 1.165) is 5.56 Å². The molecule has 194 valence electrons. The van der Waals surface area contributed by atoms with Crippen LogP contribution in [-0.4, -0.2) is 35.8 Å².